The van der Waals surface area contributed by atoms with E-state index in [1.807, 2.05) is 12.1 Å². The minimum absolute atomic E-state index is 0. The van der Waals surface area contributed by atoms with Crippen LogP contribution in [-0.4, -0.2) is 16.0 Å². The van der Waals surface area contributed by atoms with E-state index in [0.717, 1.165) is 0 Å². The predicted molar refractivity (Wildman–Crippen MR) is 67.5 cm³/mol. The zero-order valence-corrected chi connectivity index (χ0v) is 10.5. The molecule has 96 valence electrons. The van der Waals surface area contributed by atoms with Crippen molar-refractivity contribution in [3.05, 3.63) is 24.3 Å². The van der Waals surface area contributed by atoms with Gasteiger partial charge in [-0.15, -0.1) is 0 Å². The largest absolute Gasteiger partial charge is 0.550 e. The van der Waals surface area contributed by atoms with Crippen LogP contribution in [0.2, 0.25) is 0 Å². The van der Waals surface area contributed by atoms with Gasteiger partial charge < -0.3 is 25.2 Å². The summed E-state index contributed by atoms with van der Waals surface area (Å²) in [5, 5.41) is 10.3. The summed E-state index contributed by atoms with van der Waals surface area (Å²) < 4.78 is 10.4. The lowest BCUT2D eigenvalue weighted by molar-refractivity contribution is -0.305. The molecule has 1 aromatic heterocycles. The number of aromatic nitrogens is 1. The number of oxazole rings is 1. The molecule has 1 heterocycles. The van der Waals surface area contributed by atoms with Crippen LogP contribution in [0.25, 0.3) is 11.1 Å². The molecule has 0 aliphatic heterocycles. The lowest BCUT2D eigenvalue weighted by Gasteiger charge is -2.02. The molecule has 18 heavy (non-hydrogen) atoms. The maximum atomic E-state index is 10.2. The summed E-state index contributed by atoms with van der Waals surface area (Å²) in [6, 6.07) is 7.16. The zero-order chi connectivity index (χ0) is 12.3. The van der Waals surface area contributed by atoms with Gasteiger partial charge in [0.15, 0.2) is 10.6 Å². The molecule has 0 aliphatic carbocycles. The van der Waals surface area contributed by atoms with Crippen LogP contribution in [0.4, 0.5) is 0 Å². The van der Waals surface area contributed by atoms with Crippen molar-refractivity contribution in [2.75, 3.05) is 0 Å². The van der Waals surface area contributed by atoms with Gasteiger partial charge in [0.1, 0.15) is 5.52 Å². The molecule has 0 saturated carbocycles. The molecule has 0 atom stereocenters. The van der Waals surface area contributed by atoms with Crippen LogP contribution >= 0.6 is 12.2 Å². The van der Waals surface area contributed by atoms with Crippen LogP contribution in [0.3, 0.4) is 0 Å². The lowest BCUT2D eigenvalue weighted by atomic mass is 10.3. The molecule has 0 amide bonds. The van der Waals surface area contributed by atoms with Gasteiger partial charge in [0.05, 0.1) is 0 Å². The normalized spacial score (nSPS) is 9.78. The van der Waals surface area contributed by atoms with Crippen molar-refractivity contribution < 1.29 is 19.1 Å². The Morgan fingerprint density at radius 2 is 2.11 bits per heavy atom. The Morgan fingerprint density at radius 3 is 2.78 bits per heavy atom. The Kier molecular flexibility index (Phi) is 4.75. The number of carboxylic acids is 1. The summed E-state index contributed by atoms with van der Waals surface area (Å²) in [6.45, 7) is 0. The first-order valence-electron chi connectivity index (χ1n) is 4.91. The van der Waals surface area contributed by atoms with Crippen molar-refractivity contribution in [3.8, 4) is 6.08 Å². The highest BCUT2D eigenvalue weighted by Crippen LogP contribution is 2.20. The van der Waals surface area contributed by atoms with Crippen LogP contribution in [0.1, 0.15) is 12.8 Å². The third-order valence-corrected chi connectivity index (χ3v) is 2.30. The van der Waals surface area contributed by atoms with Crippen molar-refractivity contribution in [3.63, 3.8) is 0 Å². The molecule has 0 spiro atoms. The minimum Gasteiger partial charge on any atom is -0.550 e. The number of para-hydroxylation sites is 2. The van der Waals surface area contributed by atoms with E-state index in [1.165, 1.54) is 0 Å². The van der Waals surface area contributed by atoms with Gasteiger partial charge in [-0.1, -0.05) is 12.1 Å². The summed E-state index contributed by atoms with van der Waals surface area (Å²) in [7, 11) is 0. The number of ether oxygens (including phenoxy) is 1. The van der Waals surface area contributed by atoms with Gasteiger partial charge in [0.25, 0.3) is 0 Å². The number of carbonyl (C=O) groups is 1. The SMILES string of the molecule is O=C([O-])CCC(=S)Oc1nc2ccccc2o1.[NH4+]. The molecule has 2 rings (SSSR count). The molecule has 0 saturated heterocycles. The molecule has 0 bridgehead atoms. The van der Waals surface area contributed by atoms with Crippen molar-refractivity contribution >= 4 is 34.3 Å². The molecule has 4 N–H and O–H groups in total. The van der Waals surface area contributed by atoms with E-state index < -0.39 is 5.97 Å². The van der Waals surface area contributed by atoms with E-state index in [0.29, 0.717) is 11.1 Å². The summed E-state index contributed by atoms with van der Waals surface area (Å²) >= 11 is 4.85. The van der Waals surface area contributed by atoms with Gasteiger partial charge in [-0.25, -0.2) is 0 Å². The molecule has 0 unspecified atom stereocenters. The Labute approximate surface area is 108 Å². The van der Waals surface area contributed by atoms with Gasteiger partial charge in [-0.05, 0) is 30.8 Å². The minimum atomic E-state index is -1.17. The Balaban J connectivity index is 0.00000162. The van der Waals surface area contributed by atoms with Crippen molar-refractivity contribution in [1.29, 1.82) is 0 Å². The van der Waals surface area contributed by atoms with Gasteiger partial charge in [-0.2, -0.15) is 4.98 Å². The quantitative estimate of drug-likeness (QED) is 0.839. The molecule has 7 heteroatoms. The fourth-order valence-corrected chi connectivity index (χ4v) is 1.42. The first-order valence-corrected chi connectivity index (χ1v) is 5.32. The molecule has 1 aromatic carbocycles. The average Bonchev–Trinajstić information content (AvgIpc) is 2.68. The average molecular weight is 268 g/mol. The number of aliphatic carboxylic acids is 1. The number of quaternary nitrogens is 1. The maximum Gasteiger partial charge on any atom is 0.400 e. The third kappa shape index (κ3) is 3.51. The van der Waals surface area contributed by atoms with Gasteiger partial charge in [0, 0.05) is 12.4 Å². The number of hydrogen-bond acceptors (Lipinski definition) is 6. The van der Waals surface area contributed by atoms with Crippen LogP contribution in [0.5, 0.6) is 6.08 Å². The number of nitrogens with zero attached hydrogens (tertiary/aromatic N) is 1. The maximum absolute atomic E-state index is 10.2. The van der Waals surface area contributed by atoms with Crippen LogP contribution in [-0.2, 0) is 4.79 Å². The molecule has 2 aromatic rings. The standard InChI is InChI=1S/C11H9NO4S.H3N/c13-9(14)5-6-10(17)16-11-12-7-3-1-2-4-8(7)15-11;/h1-4H,5-6H2,(H,13,14);1H3. The van der Waals surface area contributed by atoms with E-state index in [1.54, 1.807) is 12.1 Å². The van der Waals surface area contributed by atoms with Gasteiger partial charge in [0.2, 0.25) is 0 Å². The second-order valence-electron chi connectivity index (χ2n) is 3.29. The van der Waals surface area contributed by atoms with E-state index in [9.17, 15) is 9.90 Å². The smallest absolute Gasteiger partial charge is 0.400 e. The van der Waals surface area contributed by atoms with Crippen molar-refractivity contribution in [1.82, 2.24) is 11.1 Å². The first kappa shape index (κ1) is 14.1. The lowest BCUT2D eigenvalue weighted by Crippen LogP contribution is -2.23. The monoisotopic (exact) mass is 268 g/mol. The van der Waals surface area contributed by atoms with Crippen molar-refractivity contribution in [2.24, 2.45) is 0 Å². The molecule has 0 radical (unpaired) electrons. The van der Waals surface area contributed by atoms with Gasteiger partial charge >= 0.3 is 6.08 Å². The number of hydrogen-bond donors (Lipinski definition) is 1. The first-order chi connectivity index (χ1) is 8.15. The van der Waals surface area contributed by atoms with Gasteiger partial charge in [-0.3, -0.25) is 0 Å². The predicted octanol–water partition coefficient (Wildman–Crippen LogP) is 1.44. The number of carbonyl (C=O) groups excluding carboxylic acids is 1. The molecular formula is C11H12N2O4S. The Hall–Kier alpha value is -1.99. The number of carboxylic acid groups (broad SMARTS) is 1. The number of thiocarbonyl (C=S) groups is 1. The molecular weight excluding hydrogens is 256 g/mol. The summed E-state index contributed by atoms with van der Waals surface area (Å²) in [4.78, 5) is 14.3. The Bertz CT molecular complexity index is 534. The molecule has 0 fully saturated rings. The Morgan fingerprint density at radius 1 is 1.39 bits per heavy atom. The van der Waals surface area contributed by atoms with E-state index in [2.05, 4.69) is 4.98 Å². The second-order valence-corrected chi connectivity index (χ2v) is 3.75. The number of rotatable bonds is 4. The molecule has 6 nitrogen and oxygen atoms in total. The van der Waals surface area contributed by atoms with Crippen LogP contribution in [0.15, 0.2) is 28.7 Å². The second kappa shape index (κ2) is 6.08. The molecule has 0 aliphatic rings. The van der Waals surface area contributed by atoms with Crippen molar-refractivity contribution in [2.45, 2.75) is 12.8 Å². The van der Waals surface area contributed by atoms with E-state index in [4.69, 9.17) is 21.4 Å². The fraction of sp³-hybridized carbons (Fsp3) is 0.182. The van der Waals surface area contributed by atoms with E-state index >= 15 is 0 Å². The zero-order valence-electron chi connectivity index (χ0n) is 9.71. The van der Waals surface area contributed by atoms with E-state index in [-0.39, 0.29) is 30.1 Å². The third-order valence-electron chi connectivity index (χ3n) is 2.01. The van der Waals surface area contributed by atoms with Crippen LogP contribution < -0.4 is 16.0 Å². The highest BCUT2D eigenvalue weighted by atomic mass is 32.1. The summed E-state index contributed by atoms with van der Waals surface area (Å²) in [5.74, 6) is -1.17. The number of benzene rings is 1. The fourth-order valence-electron chi connectivity index (χ4n) is 1.25. The summed E-state index contributed by atoms with van der Waals surface area (Å²) in [6.07, 6.45) is -0.0651. The highest BCUT2D eigenvalue weighted by molar-refractivity contribution is 7.80. The highest BCUT2D eigenvalue weighted by Gasteiger charge is 2.08. The number of fused-ring (bicyclic) bond motifs is 1. The topological polar surface area (TPSA) is 112 Å². The summed E-state index contributed by atoms with van der Waals surface area (Å²) in [5.41, 5.74) is 1.25. The van der Waals surface area contributed by atoms with Crippen LogP contribution in [0, 0.1) is 0 Å².